The van der Waals surface area contributed by atoms with E-state index in [1.807, 2.05) is 11.4 Å². The van der Waals surface area contributed by atoms with Crippen LogP contribution in [-0.4, -0.2) is 10.9 Å². The molecule has 0 fully saturated rings. The molecule has 8 heteroatoms. The van der Waals surface area contributed by atoms with E-state index >= 15 is 0 Å². The summed E-state index contributed by atoms with van der Waals surface area (Å²) in [5.74, 6) is -0.493. The predicted molar refractivity (Wildman–Crippen MR) is 110 cm³/mol. The number of allylic oxidation sites excluding steroid dienone is 1. The zero-order chi connectivity index (χ0) is 19.4. The molecule has 1 amide bonds. The Morgan fingerprint density at radius 2 is 1.93 bits per heavy atom. The van der Waals surface area contributed by atoms with E-state index in [0.717, 1.165) is 5.56 Å². The van der Waals surface area contributed by atoms with E-state index < -0.39 is 5.91 Å². The van der Waals surface area contributed by atoms with Crippen molar-refractivity contribution >= 4 is 51.7 Å². The van der Waals surface area contributed by atoms with Crippen LogP contribution in [-0.2, 0) is 0 Å². The number of benzene rings is 2. The summed E-state index contributed by atoms with van der Waals surface area (Å²) in [6, 6.07) is 14.0. The van der Waals surface area contributed by atoms with Crippen LogP contribution in [0, 0.1) is 11.3 Å². The van der Waals surface area contributed by atoms with Gasteiger partial charge in [-0.1, -0.05) is 29.3 Å². The summed E-state index contributed by atoms with van der Waals surface area (Å²) in [6.45, 7) is 0. The van der Waals surface area contributed by atoms with Crippen LogP contribution in [0.25, 0.3) is 16.8 Å². The van der Waals surface area contributed by atoms with E-state index in [4.69, 9.17) is 28.9 Å². The highest BCUT2D eigenvalue weighted by atomic mass is 35.5. The van der Waals surface area contributed by atoms with Gasteiger partial charge in [0, 0.05) is 28.4 Å². The first kappa shape index (κ1) is 18.9. The quantitative estimate of drug-likeness (QED) is 0.561. The molecule has 5 nitrogen and oxygen atoms in total. The molecule has 0 radical (unpaired) electrons. The molecule has 1 heterocycles. The number of nitrogens with zero attached hydrogens (tertiary/aromatic N) is 2. The fourth-order valence-corrected chi connectivity index (χ4v) is 3.31. The minimum Gasteiger partial charge on any atom is -0.366 e. The molecule has 0 spiro atoms. The van der Waals surface area contributed by atoms with Crippen molar-refractivity contribution in [1.82, 2.24) is 4.98 Å². The number of hydrogen-bond acceptors (Lipinski definition) is 5. The second kappa shape index (κ2) is 8.23. The Bertz CT molecular complexity index is 1070. The lowest BCUT2D eigenvalue weighted by Crippen LogP contribution is -2.10. The van der Waals surface area contributed by atoms with Crippen molar-refractivity contribution in [1.29, 1.82) is 5.26 Å². The number of hydrogen-bond donors (Lipinski definition) is 2. The van der Waals surface area contributed by atoms with Gasteiger partial charge in [-0.05, 0) is 36.4 Å². The van der Waals surface area contributed by atoms with E-state index in [-0.39, 0.29) is 0 Å². The van der Waals surface area contributed by atoms with Gasteiger partial charge in [-0.3, -0.25) is 4.79 Å². The first-order valence-corrected chi connectivity index (χ1v) is 9.29. The van der Waals surface area contributed by atoms with Gasteiger partial charge in [0.25, 0.3) is 0 Å². The van der Waals surface area contributed by atoms with Gasteiger partial charge < -0.3 is 11.1 Å². The minimum atomic E-state index is -0.493. The fraction of sp³-hybridized carbons (Fsp3) is 0. The van der Waals surface area contributed by atoms with Gasteiger partial charge in [0.15, 0.2) is 0 Å². The zero-order valence-electron chi connectivity index (χ0n) is 13.7. The van der Waals surface area contributed by atoms with Gasteiger partial charge >= 0.3 is 0 Å². The highest BCUT2D eigenvalue weighted by Crippen LogP contribution is 2.30. The lowest BCUT2D eigenvalue weighted by Gasteiger charge is -2.02. The van der Waals surface area contributed by atoms with Crippen LogP contribution >= 0.6 is 34.5 Å². The molecule has 3 N–H and O–H groups in total. The van der Waals surface area contributed by atoms with Crippen LogP contribution in [0.1, 0.15) is 15.4 Å². The number of carbonyl (C=O) groups is 1. The maximum atomic E-state index is 11.1. The smallest absolute Gasteiger partial charge is 0.248 e. The number of nitrogens with one attached hydrogen (secondary N) is 1. The number of anilines is 1. The number of aromatic nitrogens is 1. The summed E-state index contributed by atoms with van der Waals surface area (Å²) in [4.78, 5) is 15.6. The van der Waals surface area contributed by atoms with Crippen molar-refractivity contribution in [2.75, 3.05) is 5.32 Å². The SMILES string of the molecule is N#CC(=CNc1ccc(C(N)=O)cc1)c1nc(-c2ccc(Cl)c(Cl)c2)cs1. The number of primary amides is 1. The molecule has 27 heavy (non-hydrogen) atoms. The average Bonchev–Trinajstić information content (AvgIpc) is 3.15. The highest BCUT2D eigenvalue weighted by Gasteiger charge is 2.10. The van der Waals surface area contributed by atoms with Crippen LogP contribution in [0.2, 0.25) is 10.0 Å². The second-order valence-corrected chi connectivity index (χ2v) is 7.10. The molecule has 0 saturated carbocycles. The number of nitrogens with two attached hydrogens (primary N) is 1. The first-order valence-electron chi connectivity index (χ1n) is 7.66. The maximum absolute atomic E-state index is 11.1. The lowest BCUT2D eigenvalue weighted by molar-refractivity contribution is 0.100. The van der Waals surface area contributed by atoms with Crippen LogP contribution in [0.15, 0.2) is 54.0 Å². The topological polar surface area (TPSA) is 91.8 Å². The third-order valence-corrected chi connectivity index (χ3v) is 5.24. The van der Waals surface area contributed by atoms with Crippen molar-refractivity contribution in [3.05, 3.63) is 74.7 Å². The van der Waals surface area contributed by atoms with Crippen LogP contribution in [0.4, 0.5) is 5.69 Å². The summed E-state index contributed by atoms with van der Waals surface area (Å²) in [6.07, 6.45) is 1.57. The molecule has 0 atom stereocenters. The third-order valence-electron chi connectivity index (χ3n) is 3.62. The van der Waals surface area contributed by atoms with Crippen molar-refractivity contribution in [2.24, 2.45) is 5.73 Å². The monoisotopic (exact) mass is 414 g/mol. The van der Waals surface area contributed by atoms with Gasteiger partial charge in [0.2, 0.25) is 5.91 Å². The number of thiazole rings is 1. The molecule has 2 aromatic carbocycles. The normalized spacial score (nSPS) is 11.1. The van der Waals surface area contributed by atoms with Crippen molar-refractivity contribution in [2.45, 2.75) is 0 Å². The number of carbonyl (C=O) groups excluding carboxylic acids is 1. The number of nitriles is 1. The van der Waals surface area contributed by atoms with Crippen molar-refractivity contribution in [3.63, 3.8) is 0 Å². The predicted octanol–water partition coefficient (Wildman–Crippen LogP) is 5.19. The Morgan fingerprint density at radius 1 is 1.19 bits per heavy atom. The summed E-state index contributed by atoms with van der Waals surface area (Å²) >= 11 is 13.3. The van der Waals surface area contributed by atoms with Gasteiger partial charge in [-0.2, -0.15) is 5.26 Å². The average molecular weight is 415 g/mol. The summed E-state index contributed by atoms with van der Waals surface area (Å²) in [7, 11) is 0. The molecule has 0 bridgehead atoms. The standard InChI is InChI=1S/C19H12Cl2N4OS/c20-15-6-3-12(7-16(15)21)17-10-27-19(25-17)13(8-22)9-24-14-4-1-11(2-5-14)18(23)26/h1-7,9-10,24H,(H2,23,26). The minimum absolute atomic E-state index is 0.380. The molecule has 0 saturated heterocycles. The van der Waals surface area contributed by atoms with Gasteiger partial charge in [-0.25, -0.2) is 4.98 Å². The summed E-state index contributed by atoms with van der Waals surface area (Å²) in [5, 5.41) is 15.8. The van der Waals surface area contributed by atoms with Crippen LogP contribution in [0.5, 0.6) is 0 Å². The molecule has 3 aromatic rings. The Labute approximate surface area is 169 Å². The summed E-state index contributed by atoms with van der Waals surface area (Å²) in [5.41, 5.74) is 8.25. The Morgan fingerprint density at radius 3 is 2.56 bits per heavy atom. The van der Waals surface area contributed by atoms with Crippen LogP contribution in [0.3, 0.4) is 0 Å². The first-order chi connectivity index (χ1) is 13.0. The summed E-state index contributed by atoms with van der Waals surface area (Å²) < 4.78 is 0. The maximum Gasteiger partial charge on any atom is 0.248 e. The zero-order valence-corrected chi connectivity index (χ0v) is 16.1. The second-order valence-electron chi connectivity index (χ2n) is 5.42. The molecule has 1 aromatic heterocycles. The van der Waals surface area contributed by atoms with E-state index in [2.05, 4.69) is 16.4 Å². The molecular formula is C19H12Cl2N4OS. The molecule has 0 aliphatic rings. The third kappa shape index (κ3) is 4.47. The van der Waals surface area contributed by atoms with Crippen molar-refractivity contribution in [3.8, 4) is 17.3 Å². The Balaban J connectivity index is 1.80. The molecule has 0 aliphatic heterocycles. The Kier molecular flexibility index (Phi) is 5.77. The number of rotatable bonds is 5. The molecule has 134 valence electrons. The molecule has 0 aliphatic carbocycles. The molecule has 3 rings (SSSR count). The number of halogens is 2. The fourth-order valence-electron chi connectivity index (χ4n) is 2.21. The van der Waals surface area contributed by atoms with Crippen molar-refractivity contribution < 1.29 is 4.79 Å². The number of amides is 1. The van der Waals surface area contributed by atoms with E-state index in [1.165, 1.54) is 11.3 Å². The van der Waals surface area contributed by atoms with Gasteiger partial charge in [-0.15, -0.1) is 11.3 Å². The van der Waals surface area contributed by atoms with Crippen LogP contribution < -0.4 is 11.1 Å². The Hall–Kier alpha value is -2.85. The van der Waals surface area contributed by atoms with E-state index in [9.17, 15) is 10.1 Å². The van der Waals surface area contributed by atoms with Gasteiger partial charge in [0.05, 0.1) is 15.7 Å². The van der Waals surface area contributed by atoms with E-state index in [0.29, 0.717) is 37.6 Å². The largest absolute Gasteiger partial charge is 0.366 e. The lowest BCUT2D eigenvalue weighted by atomic mass is 10.2. The van der Waals surface area contributed by atoms with E-state index in [1.54, 1.807) is 42.6 Å². The highest BCUT2D eigenvalue weighted by molar-refractivity contribution is 7.11. The molecular weight excluding hydrogens is 403 g/mol. The molecule has 0 unspecified atom stereocenters. The van der Waals surface area contributed by atoms with Gasteiger partial charge in [0.1, 0.15) is 16.6 Å².